The summed E-state index contributed by atoms with van der Waals surface area (Å²) in [5.74, 6) is 0.336. The minimum atomic E-state index is -0.0822. The van der Waals surface area contributed by atoms with Crippen molar-refractivity contribution < 1.29 is 46.9 Å². The fourth-order valence-electron chi connectivity index (χ4n) is 2.07. The zero-order chi connectivity index (χ0) is 22.7. The second-order valence-corrected chi connectivity index (χ2v) is 6.23. The third-order valence-electron chi connectivity index (χ3n) is 3.36. The fourth-order valence-corrected chi connectivity index (χ4v) is 2.07. The van der Waals surface area contributed by atoms with E-state index in [-0.39, 0.29) is 45.3 Å². The van der Waals surface area contributed by atoms with Crippen molar-refractivity contribution in [3.8, 4) is 0 Å². The van der Waals surface area contributed by atoms with E-state index in [0.29, 0.717) is 24.6 Å². The van der Waals surface area contributed by atoms with Gasteiger partial charge in [0.1, 0.15) is 5.56 Å². The Kier molecular flexibility index (Phi) is 26.1. The Hall–Kier alpha value is -0.626. The van der Waals surface area contributed by atoms with Crippen LogP contribution in [-0.2, 0) is 44.3 Å². The number of carbonyl (C=O) groups is 1. The van der Waals surface area contributed by atoms with Crippen molar-refractivity contribution in [1.29, 1.82) is 0 Å². The molecule has 0 aromatic carbocycles. The van der Waals surface area contributed by atoms with Gasteiger partial charge in [-0.2, -0.15) is 4.57 Å². The van der Waals surface area contributed by atoms with Crippen LogP contribution < -0.4 is 9.88 Å². The Labute approximate surface area is 213 Å². The molecule has 0 bridgehead atoms. The Morgan fingerprint density at radius 1 is 1.33 bits per heavy atom. The Balaban J connectivity index is -0.00000137. The number of hydrogen-bond acceptors (Lipinski definition) is 3. The summed E-state index contributed by atoms with van der Waals surface area (Å²) in [6.45, 7) is 13.7. The van der Waals surface area contributed by atoms with Gasteiger partial charge in [0.25, 0.3) is 5.91 Å². The minimum Gasteiger partial charge on any atom is -0.462 e. The molecule has 0 atom stereocenters. The van der Waals surface area contributed by atoms with E-state index >= 15 is 0 Å². The number of nitrogens with one attached hydrogen (secondary N) is 1. The van der Waals surface area contributed by atoms with E-state index in [9.17, 15) is 4.79 Å². The van der Waals surface area contributed by atoms with Gasteiger partial charge in [-0.3, -0.25) is 4.79 Å². The average molecular weight is 516 g/mol. The van der Waals surface area contributed by atoms with Gasteiger partial charge >= 0.3 is 0 Å². The standard InChI is InChI=1S/C19H30N4O2.C2H6.CH3Cl.Y/c1-6-9-17(7-2)13-22(5)21-25-15-23-11-8-10-18(14-23)19(24)20-12-16(3)4;2*1-2;/h6-11,14,16H,12-13,15H2,1-5H3,(H,20,24);1-2H3;1H3;/b9-6-,17-7+;;;. The molecule has 1 rings (SSSR count). The van der Waals surface area contributed by atoms with Crippen molar-refractivity contribution >= 4 is 17.5 Å². The number of aromatic nitrogens is 1. The van der Waals surface area contributed by atoms with Crippen LogP contribution in [0, 0.1) is 5.92 Å². The fraction of sp³-hybridized carbons (Fsp3) is 0.545. The first-order chi connectivity index (χ1) is 14.0. The molecule has 0 unspecified atom stereocenters. The summed E-state index contributed by atoms with van der Waals surface area (Å²) in [5.41, 5.74) is 5.82. The van der Waals surface area contributed by atoms with E-state index in [4.69, 9.17) is 4.84 Å². The van der Waals surface area contributed by atoms with Crippen molar-refractivity contribution in [3.63, 3.8) is 0 Å². The molecule has 1 aromatic rings. The van der Waals surface area contributed by atoms with Gasteiger partial charge < -0.3 is 20.8 Å². The molecule has 1 N–H and O–H groups in total. The number of nitrogens with zero attached hydrogens (tertiary/aromatic N) is 3. The molecule has 0 aliphatic carbocycles. The molecule has 30 heavy (non-hydrogen) atoms. The van der Waals surface area contributed by atoms with E-state index in [2.05, 4.69) is 36.4 Å². The zero-order valence-electron chi connectivity index (χ0n) is 19.9. The van der Waals surface area contributed by atoms with E-state index in [1.54, 1.807) is 21.8 Å². The maximum absolute atomic E-state index is 12.1. The minimum absolute atomic E-state index is 0. The summed E-state index contributed by atoms with van der Waals surface area (Å²) in [6, 6.07) is 3.60. The van der Waals surface area contributed by atoms with Gasteiger partial charge in [-0.15, -0.1) is 11.6 Å². The molecule has 0 aliphatic heterocycles. The normalized spacial score (nSPS) is 10.7. The largest absolute Gasteiger partial charge is 0.462 e. The molecule has 6 nitrogen and oxygen atoms in total. The Morgan fingerprint density at radius 2 is 1.97 bits per heavy atom. The van der Waals surface area contributed by atoms with Gasteiger partial charge in [0.15, 0.2) is 12.4 Å². The predicted molar refractivity (Wildman–Crippen MR) is 123 cm³/mol. The third-order valence-corrected chi connectivity index (χ3v) is 3.36. The molecule has 0 spiro atoms. The maximum Gasteiger partial charge on any atom is 0.257 e. The summed E-state index contributed by atoms with van der Waals surface area (Å²) in [5, 5.41) is 4.63. The summed E-state index contributed by atoms with van der Waals surface area (Å²) in [4.78, 5) is 17.5. The van der Waals surface area contributed by atoms with E-state index < -0.39 is 0 Å². The van der Waals surface area contributed by atoms with Crippen LogP contribution in [0.3, 0.4) is 0 Å². The molecule has 169 valence electrons. The molecule has 1 aromatic heterocycles. The van der Waals surface area contributed by atoms with E-state index in [0.717, 1.165) is 5.57 Å². The van der Waals surface area contributed by atoms with Gasteiger partial charge in [-0.05, 0) is 38.5 Å². The van der Waals surface area contributed by atoms with Crippen molar-refractivity contribution in [2.75, 3.05) is 26.5 Å². The topological polar surface area (TPSA) is 59.6 Å². The molecular formula is C22H39ClN4O2Y. The van der Waals surface area contributed by atoms with E-state index in [1.807, 2.05) is 65.2 Å². The molecule has 1 heterocycles. The molecule has 1 radical (unpaired) electrons. The summed E-state index contributed by atoms with van der Waals surface area (Å²) in [6.07, 6.45) is 11.1. The number of hydrogen-bond donors (Lipinski definition) is 1. The van der Waals surface area contributed by atoms with Crippen LogP contribution in [0.15, 0.2) is 48.3 Å². The Morgan fingerprint density at radius 3 is 2.50 bits per heavy atom. The number of pyridine rings is 1. The van der Waals surface area contributed by atoms with Crippen LogP contribution in [0.25, 0.3) is 5.59 Å². The average Bonchev–Trinajstić information content (AvgIpc) is 2.74. The molecule has 0 aliphatic rings. The van der Waals surface area contributed by atoms with Crippen LogP contribution in [0.5, 0.6) is 0 Å². The molecule has 0 saturated heterocycles. The summed E-state index contributed by atoms with van der Waals surface area (Å²) in [7, 11) is 1.85. The van der Waals surface area contributed by atoms with Crippen LogP contribution in [0.4, 0.5) is 0 Å². The smallest absolute Gasteiger partial charge is 0.257 e. The second-order valence-electron chi connectivity index (χ2n) is 6.23. The van der Waals surface area contributed by atoms with Crippen molar-refractivity contribution in [1.82, 2.24) is 10.3 Å². The van der Waals surface area contributed by atoms with Crippen LogP contribution >= 0.6 is 11.6 Å². The number of amides is 1. The number of carbonyl (C=O) groups excluding carboxylic acids is 1. The summed E-state index contributed by atoms with van der Waals surface area (Å²) < 4.78 is 1.78. The van der Waals surface area contributed by atoms with Crippen molar-refractivity contribution in [2.24, 2.45) is 5.92 Å². The third kappa shape index (κ3) is 17.1. The van der Waals surface area contributed by atoms with Gasteiger partial charge in [0, 0.05) is 58.2 Å². The SMILES string of the molecule is C/C=C\C(=C/C)CN(C)[N-]OC[n+]1cccc(C(=O)NCC(C)C)c1.CC.CCl.[Y]. The molecule has 0 fully saturated rings. The van der Waals surface area contributed by atoms with Crippen LogP contribution in [-0.4, -0.2) is 37.4 Å². The van der Waals surface area contributed by atoms with Gasteiger partial charge in [0.2, 0.25) is 6.73 Å². The Bertz CT molecular complexity index is 611. The van der Waals surface area contributed by atoms with Crippen LogP contribution in [0.2, 0.25) is 0 Å². The second kappa shape index (κ2) is 23.0. The first-order valence-corrected chi connectivity index (χ1v) is 10.7. The number of alkyl halides is 1. The van der Waals surface area contributed by atoms with Gasteiger partial charge in [0.05, 0.1) is 0 Å². The monoisotopic (exact) mass is 515 g/mol. The quantitative estimate of drug-likeness (QED) is 0.209. The number of halogens is 1. The number of allylic oxidation sites excluding steroid dienone is 2. The zero-order valence-corrected chi connectivity index (χ0v) is 23.4. The first kappa shape index (κ1) is 34.0. The van der Waals surface area contributed by atoms with Gasteiger partial charge in [-0.1, -0.05) is 45.9 Å². The van der Waals surface area contributed by atoms with E-state index in [1.165, 1.54) is 6.38 Å². The number of likely N-dealkylation sites (N-methyl/N-ethyl adjacent to an activating group) is 1. The van der Waals surface area contributed by atoms with Gasteiger partial charge in [-0.25, -0.2) is 0 Å². The van der Waals surface area contributed by atoms with Crippen LogP contribution in [0.1, 0.15) is 51.9 Å². The van der Waals surface area contributed by atoms with Crippen molar-refractivity contribution in [3.05, 3.63) is 59.5 Å². The predicted octanol–water partition coefficient (Wildman–Crippen LogP) is 4.87. The first-order valence-electron chi connectivity index (χ1n) is 9.93. The molecule has 1 amide bonds. The molecular weight excluding hydrogens is 477 g/mol. The molecule has 0 saturated carbocycles. The van der Waals surface area contributed by atoms with Crippen molar-refractivity contribution in [2.45, 2.75) is 48.3 Å². The number of rotatable bonds is 10. The molecule has 8 heteroatoms. The maximum atomic E-state index is 12.1. The summed E-state index contributed by atoms with van der Waals surface area (Å²) >= 11 is 4.64.